The second-order valence-electron chi connectivity index (χ2n) is 6.66. The Morgan fingerprint density at radius 3 is 2.25 bits per heavy atom. The van der Waals surface area contributed by atoms with E-state index in [0.717, 1.165) is 16.9 Å². The summed E-state index contributed by atoms with van der Waals surface area (Å²) in [4.78, 5) is 12.5. The first-order chi connectivity index (χ1) is 11.4. The number of amides is 1. The third kappa shape index (κ3) is 4.60. The lowest BCUT2D eigenvalue weighted by Crippen LogP contribution is -2.32. The summed E-state index contributed by atoms with van der Waals surface area (Å²) in [5.74, 6) is 1.18. The van der Waals surface area contributed by atoms with E-state index in [2.05, 4.69) is 45.1 Å². The Bertz CT molecular complexity index is 689. The van der Waals surface area contributed by atoms with Crippen LogP contribution in [0.15, 0.2) is 42.5 Å². The van der Waals surface area contributed by atoms with Crippen LogP contribution < -0.4 is 10.1 Å². The predicted octanol–water partition coefficient (Wildman–Crippen LogP) is 4.37. The van der Waals surface area contributed by atoms with Gasteiger partial charge in [0.15, 0.2) is 0 Å². The standard InChI is InChI=1S/C21H27NO2/c1-14(2)21(18-8-10-19(24-5)11-9-18)22-20(23)13-17-7-6-15(3)16(4)12-17/h6-12,14,21H,13H2,1-5H3,(H,22,23)/t21-/m1/s1. The average Bonchev–Trinajstić information content (AvgIpc) is 2.56. The molecule has 2 rings (SSSR count). The number of hydrogen-bond acceptors (Lipinski definition) is 2. The number of aryl methyl sites for hydroxylation is 2. The maximum Gasteiger partial charge on any atom is 0.224 e. The van der Waals surface area contributed by atoms with Gasteiger partial charge in [-0.3, -0.25) is 4.79 Å². The molecule has 1 amide bonds. The molecule has 0 unspecified atom stereocenters. The fraction of sp³-hybridized carbons (Fsp3) is 0.381. The summed E-state index contributed by atoms with van der Waals surface area (Å²) >= 11 is 0. The first kappa shape index (κ1) is 18.1. The van der Waals surface area contributed by atoms with E-state index in [1.165, 1.54) is 11.1 Å². The molecule has 0 saturated carbocycles. The lowest BCUT2D eigenvalue weighted by Gasteiger charge is -2.23. The highest BCUT2D eigenvalue weighted by Gasteiger charge is 2.18. The molecule has 0 aliphatic heterocycles. The molecule has 1 N–H and O–H groups in total. The summed E-state index contributed by atoms with van der Waals surface area (Å²) < 4.78 is 5.20. The van der Waals surface area contributed by atoms with E-state index in [9.17, 15) is 4.79 Å². The van der Waals surface area contributed by atoms with Crippen LogP contribution in [0.5, 0.6) is 5.75 Å². The van der Waals surface area contributed by atoms with Crippen molar-refractivity contribution >= 4 is 5.91 Å². The molecule has 0 heterocycles. The zero-order valence-corrected chi connectivity index (χ0v) is 15.2. The van der Waals surface area contributed by atoms with Gasteiger partial charge in [-0.1, -0.05) is 44.2 Å². The van der Waals surface area contributed by atoms with Gasteiger partial charge in [-0.15, -0.1) is 0 Å². The molecule has 0 fully saturated rings. The Balaban J connectivity index is 2.08. The number of methoxy groups -OCH3 is 1. The van der Waals surface area contributed by atoms with Gasteiger partial charge in [0.25, 0.3) is 0 Å². The molecule has 0 aliphatic carbocycles. The number of carbonyl (C=O) groups excluding carboxylic acids is 1. The van der Waals surface area contributed by atoms with Crippen LogP contribution in [-0.2, 0) is 11.2 Å². The van der Waals surface area contributed by atoms with E-state index < -0.39 is 0 Å². The second-order valence-corrected chi connectivity index (χ2v) is 6.66. The molecule has 0 aromatic heterocycles. The quantitative estimate of drug-likeness (QED) is 0.856. The van der Waals surface area contributed by atoms with Gasteiger partial charge in [-0.25, -0.2) is 0 Å². The van der Waals surface area contributed by atoms with Crippen LogP contribution in [0, 0.1) is 19.8 Å². The first-order valence-electron chi connectivity index (χ1n) is 8.40. The number of hydrogen-bond donors (Lipinski definition) is 1. The minimum absolute atomic E-state index is 0.00467. The van der Waals surface area contributed by atoms with Crippen molar-refractivity contribution in [2.45, 2.75) is 40.2 Å². The van der Waals surface area contributed by atoms with Gasteiger partial charge in [0.1, 0.15) is 5.75 Å². The van der Waals surface area contributed by atoms with Gasteiger partial charge in [-0.2, -0.15) is 0 Å². The summed E-state index contributed by atoms with van der Waals surface area (Å²) in [6, 6.07) is 14.1. The maximum absolute atomic E-state index is 12.5. The van der Waals surface area contributed by atoms with E-state index in [1.54, 1.807) is 7.11 Å². The zero-order valence-electron chi connectivity index (χ0n) is 15.2. The molecular formula is C21H27NO2. The molecule has 2 aromatic rings. The fourth-order valence-corrected chi connectivity index (χ4v) is 2.77. The average molecular weight is 325 g/mol. The molecule has 0 bridgehead atoms. The molecule has 0 radical (unpaired) electrons. The Morgan fingerprint density at radius 1 is 1.04 bits per heavy atom. The van der Waals surface area contributed by atoms with E-state index in [4.69, 9.17) is 4.74 Å². The molecule has 0 spiro atoms. The van der Waals surface area contributed by atoms with Crippen molar-refractivity contribution in [1.82, 2.24) is 5.32 Å². The third-order valence-electron chi connectivity index (χ3n) is 4.39. The van der Waals surface area contributed by atoms with E-state index in [0.29, 0.717) is 12.3 Å². The second kappa shape index (κ2) is 8.00. The molecule has 24 heavy (non-hydrogen) atoms. The Hall–Kier alpha value is -2.29. The number of benzene rings is 2. The minimum atomic E-state index is -0.00467. The summed E-state index contributed by atoms with van der Waals surface area (Å²) in [6.07, 6.45) is 0.403. The van der Waals surface area contributed by atoms with Gasteiger partial charge in [-0.05, 0) is 54.2 Å². The number of ether oxygens (including phenoxy) is 1. The van der Waals surface area contributed by atoms with Crippen LogP contribution >= 0.6 is 0 Å². The predicted molar refractivity (Wildman–Crippen MR) is 98.3 cm³/mol. The van der Waals surface area contributed by atoms with E-state index >= 15 is 0 Å². The van der Waals surface area contributed by atoms with Gasteiger partial charge in [0.2, 0.25) is 5.91 Å². The van der Waals surface area contributed by atoms with Gasteiger partial charge >= 0.3 is 0 Å². The molecule has 1 atom stereocenters. The minimum Gasteiger partial charge on any atom is -0.497 e. The summed E-state index contributed by atoms with van der Waals surface area (Å²) in [7, 11) is 1.65. The number of rotatable bonds is 6. The van der Waals surface area contributed by atoms with E-state index in [-0.39, 0.29) is 11.9 Å². The molecule has 3 nitrogen and oxygen atoms in total. The van der Waals surface area contributed by atoms with Crippen molar-refractivity contribution in [3.05, 3.63) is 64.7 Å². The maximum atomic E-state index is 12.5. The SMILES string of the molecule is COc1ccc([C@H](NC(=O)Cc2ccc(C)c(C)c2)C(C)C)cc1. The van der Waals surface area contributed by atoms with Crippen LogP contribution in [0.4, 0.5) is 0 Å². The number of nitrogens with one attached hydrogen (secondary N) is 1. The van der Waals surface area contributed by atoms with Crippen LogP contribution in [-0.4, -0.2) is 13.0 Å². The van der Waals surface area contributed by atoms with Crippen molar-refractivity contribution < 1.29 is 9.53 Å². The Kier molecular flexibility index (Phi) is 6.02. The summed E-state index contributed by atoms with van der Waals surface area (Å²) in [5, 5.41) is 3.17. The van der Waals surface area contributed by atoms with Gasteiger partial charge in [0, 0.05) is 0 Å². The van der Waals surface area contributed by atoms with Crippen LogP contribution in [0.2, 0.25) is 0 Å². The lowest BCUT2D eigenvalue weighted by molar-refractivity contribution is -0.121. The first-order valence-corrected chi connectivity index (χ1v) is 8.40. The molecular weight excluding hydrogens is 298 g/mol. The molecule has 0 saturated heterocycles. The molecule has 3 heteroatoms. The monoisotopic (exact) mass is 325 g/mol. The highest BCUT2D eigenvalue weighted by atomic mass is 16.5. The highest BCUT2D eigenvalue weighted by Crippen LogP contribution is 2.24. The molecule has 128 valence electrons. The van der Waals surface area contributed by atoms with E-state index in [1.807, 2.05) is 30.3 Å². The Morgan fingerprint density at radius 2 is 1.71 bits per heavy atom. The van der Waals surface area contributed by atoms with Gasteiger partial charge in [0.05, 0.1) is 19.6 Å². The van der Waals surface area contributed by atoms with Crippen molar-refractivity contribution in [3.8, 4) is 5.75 Å². The van der Waals surface area contributed by atoms with Crippen LogP contribution in [0.1, 0.15) is 42.1 Å². The van der Waals surface area contributed by atoms with Crippen molar-refractivity contribution in [2.75, 3.05) is 7.11 Å². The van der Waals surface area contributed by atoms with Crippen molar-refractivity contribution in [1.29, 1.82) is 0 Å². The van der Waals surface area contributed by atoms with Gasteiger partial charge < -0.3 is 10.1 Å². The fourth-order valence-electron chi connectivity index (χ4n) is 2.77. The van der Waals surface area contributed by atoms with Crippen LogP contribution in [0.25, 0.3) is 0 Å². The highest BCUT2D eigenvalue weighted by molar-refractivity contribution is 5.79. The molecule has 0 aliphatic rings. The van der Waals surface area contributed by atoms with Crippen molar-refractivity contribution in [2.24, 2.45) is 5.92 Å². The number of carbonyl (C=O) groups is 1. The molecule has 2 aromatic carbocycles. The smallest absolute Gasteiger partial charge is 0.224 e. The third-order valence-corrected chi connectivity index (χ3v) is 4.39. The zero-order chi connectivity index (χ0) is 17.7. The largest absolute Gasteiger partial charge is 0.497 e. The summed E-state index contributed by atoms with van der Waals surface area (Å²) in [5.41, 5.74) is 4.61. The lowest BCUT2D eigenvalue weighted by atomic mass is 9.95. The normalized spacial score (nSPS) is 12.1. The van der Waals surface area contributed by atoms with Crippen LogP contribution in [0.3, 0.4) is 0 Å². The van der Waals surface area contributed by atoms with Crippen molar-refractivity contribution in [3.63, 3.8) is 0 Å². The Labute approximate surface area is 145 Å². The topological polar surface area (TPSA) is 38.3 Å². The summed E-state index contributed by atoms with van der Waals surface area (Å²) in [6.45, 7) is 8.39.